The van der Waals surface area contributed by atoms with Crippen molar-refractivity contribution in [3.63, 3.8) is 0 Å². The maximum atomic E-state index is 11.7. The molecule has 1 saturated heterocycles. The fourth-order valence-corrected chi connectivity index (χ4v) is 1.77. The van der Waals surface area contributed by atoms with E-state index < -0.39 is 5.54 Å². The molecular weight excluding hydrogens is 244 g/mol. The first kappa shape index (κ1) is 11.8. The van der Waals surface area contributed by atoms with Crippen molar-refractivity contribution in [2.75, 3.05) is 11.4 Å². The molecule has 0 bridgehead atoms. The minimum Gasteiger partial charge on any atom is -0.333 e. The van der Waals surface area contributed by atoms with Crippen LogP contribution in [0.2, 0.25) is 5.28 Å². The van der Waals surface area contributed by atoms with Crippen LogP contribution in [0, 0.1) is 0 Å². The summed E-state index contributed by atoms with van der Waals surface area (Å²) in [5, 5.41) is 2.37. The molecule has 0 saturated carbocycles. The van der Waals surface area contributed by atoms with Gasteiger partial charge < -0.3 is 4.90 Å². The lowest BCUT2D eigenvalue weighted by Crippen LogP contribution is -2.64. The van der Waals surface area contributed by atoms with Gasteiger partial charge in [-0.05, 0) is 31.5 Å². The van der Waals surface area contributed by atoms with Crippen LogP contribution in [0.15, 0.2) is 12.3 Å². The van der Waals surface area contributed by atoms with Gasteiger partial charge in [-0.25, -0.2) is 9.97 Å². The average molecular weight is 255 g/mol. The van der Waals surface area contributed by atoms with Crippen molar-refractivity contribution in [3.05, 3.63) is 17.5 Å². The Morgan fingerprint density at radius 1 is 1.47 bits per heavy atom. The van der Waals surface area contributed by atoms with Crippen LogP contribution in [-0.4, -0.2) is 33.9 Å². The minimum absolute atomic E-state index is 0.0616. The third-order valence-corrected chi connectivity index (χ3v) is 2.86. The second-order valence-electron chi connectivity index (χ2n) is 4.21. The summed E-state index contributed by atoms with van der Waals surface area (Å²) in [5.41, 5.74) is -0.856. The van der Waals surface area contributed by atoms with Gasteiger partial charge in [0.25, 0.3) is 5.91 Å². The smallest absolute Gasteiger partial charge is 0.251 e. The van der Waals surface area contributed by atoms with E-state index in [0.29, 0.717) is 5.82 Å². The topological polar surface area (TPSA) is 75.2 Å². The molecule has 6 nitrogen and oxygen atoms in total. The summed E-state index contributed by atoms with van der Waals surface area (Å²) in [5.74, 6) is -0.259. The number of nitrogens with one attached hydrogen (secondary N) is 1. The number of amides is 2. The zero-order valence-corrected chi connectivity index (χ0v) is 10.2. The van der Waals surface area contributed by atoms with E-state index in [0.717, 1.165) is 0 Å². The fraction of sp³-hybridized carbons (Fsp3) is 0.400. The van der Waals surface area contributed by atoms with Crippen molar-refractivity contribution >= 4 is 29.2 Å². The van der Waals surface area contributed by atoms with Crippen molar-refractivity contribution in [1.82, 2.24) is 15.3 Å². The Morgan fingerprint density at radius 2 is 2.18 bits per heavy atom. The van der Waals surface area contributed by atoms with Crippen molar-refractivity contribution < 1.29 is 9.59 Å². The Balaban J connectivity index is 2.42. The Hall–Kier alpha value is -1.69. The van der Waals surface area contributed by atoms with E-state index in [1.54, 1.807) is 24.8 Å². The number of carbonyl (C=O) groups is 2. The zero-order chi connectivity index (χ0) is 12.6. The minimum atomic E-state index is -0.856. The SMILES string of the molecule is CC1(C)C(=O)NC(=O)CN1c1ccnc(Cl)n1. The number of piperazine rings is 1. The number of carbonyl (C=O) groups excluding carboxylic acids is 2. The third kappa shape index (κ3) is 2.08. The summed E-state index contributed by atoms with van der Waals surface area (Å²) in [6.45, 7) is 3.49. The van der Waals surface area contributed by atoms with E-state index in [1.807, 2.05) is 0 Å². The quantitative estimate of drug-likeness (QED) is 0.579. The van der Waals surface area contributed by atoms with Gasteiger partial charge in [0, 0.05) is 6.20 Å². The molecule has 0 atom stereocenters. The molecule has 0 radical (unpaired) electrons. The molecule has 1 aromatic heterocycles. The number of halogens is 1. The van der Waals surface area contributed by atoms with E-state index in [1.165, 1.54) is 6.20 Å². The second-order valence-corrected chi connectivity index (χ2v) is 4.54. The molecule has 0 spiro atoms. The Bertz CT molecular complexity index is 489. The number of hydrogen-bond donors (Lipinski definition) is 1. The highest BCUT2D eigenvalue weighted by molar-refractivity contribution is 6.28. The van der Waals surface area contributed by atoms with E-state index in [2.05, 4.69) is 15.3 Å². The summed E-state index contributed by atoms with van der Waals surface area (Å²) in [7, 11) is 0. The van der Waals surface area contributed by atoms with E-state index in [4.69, 9.17) is 11.6 Å². The lowest BCUT2D eigenvalue weighted by molar-refractivity contribution is -0.135. The highest BCUT2D eigenvalue weighted by Gasteiger charge is 2.41. The normalized spacial score (nSPS) is 19.1. The van der Waals surface area contributed by atoms with Gasteiger partial charge in [-0.3, -0.25) is 14.9 Å². The van der Waals surface area contributed by atoms with Crippen LogP contribution in [0.3, 0.4) is 0 Å². The van der Waals surface area contributed by atoms with E-state index in [-0.39, 0.29) is 23.6 Å². The molecule has 1 aliphatic heterocycles. The molecule has 0 unspecified atom stereocenters. The molecule has 0 aromatic carbocycles. The van der Waals surface area contributed by atoms with E-state index >= 15 is 0 Å². The zero-order valence-electron chi connectivity index (χ0n) is 9.40. The largest absolute Gasteiger partial charge is 0.333 e. The van der Waals surface area contributed by atoms with Gasteiger partial charge in [0.1, 0.15) is 11.4 Å². The third-order valence-electron chi connectivity index (χ3n) is 2.67. The Morgan fingerprint density at radius 3 is 2.82 bits per heavy atom. The molecular formula is C10H11ClN4O2. The Labute approximate surface area is 103 Å². The van der Waals surface area contributed by atoms with Crippen LogP contribution in [0.25, 0.3) is 0 Å². The number of rotatable bonds is 1. The molecule has 2 rings (SSSR count). The first-order chi connectivity index (χ1) is 7.91. The van der Waals surface area contributed by atoms with Gasteiger partial charge in [-0.15, -0.1) is 0 Å². The predicted octanol–water partition coefficient (Wildman–Crippen LogP) is 0.371. The molecule has 7 heteroatoms. The number of imide groups is 1. The molecule has 2 amide bonds. The van der Waals surface area contributed by atoms with Crippen molar-refractivity contribution in [3.8, 4) is 0 Å². The van der Waals surface area contributed by atoms with Gasteiger partial charge in [-0.2, -0.15) is 0 Å². The lowest BCUT2D eigenvalue weighted by atomic mass is 9.99. The standard InChI is InChI=1S/C10H11ClN4O2/c1-10(2)8(17)14-7(16)5-15(10)6-3-4-12-9(11)13-6/h3-4H,5H2,1-2H3,(H,14,16,17). The molecule has 0 aliphatic carbocycles. The molecule has 90 valence electrons. The first-order valence-corrected chi connectivity index (χ1v) is 5.39. The number of aromatic nitrogens is 2. The summed E-state index contributed by atoms with van der Waals surface area (Å²) >= 11 is 5.70. The van der Waals surface area contributed by atoms with Crippen molar-refractivity contribution in [2.45, 2.75) is 19.4 Å². The number of hydrogen-bond acceptors (Lipinski definition) is 5. The van der Waals surface area contributed by atoms with Gasteiger partial charge in [0.05, 0.1) is 6.54 Å². The molecule has 1 N–H and O–H groups in total. The average Bonchev–Trinajstić information content (AvgIpc) is 2.24. The van der Waals surface area contributed by atoms with Crippen LogP contribution in [-0.2, 0) is 9.59 Å². The van der Waals surface area contributed by atoms with E-state index in [9.17, 15) is 9.59 Å². The highest BCUT2D eigenvalue weighted by Crippen LogP contribution is 2.24. The number of anilines is 1. The van der Waals surface area contributed by atoms with Gasteiger partial charge in [0.2, 0.25) is 11.2 Å². The Kier molecular flexibility index (Phi) is 2.74. The van der Waals surface area contributed by atoms with Crippen LogP contribution < -0.4 is 10.2 Å². The number of nitrogens with zero attached hydrogens (tertiary/aromatic N) is 3. The summed E-state index contributed by atoms with van der Waals surface area (Å²) < 4.78 is 0. The second kappa shape index (κ2) is 3.96. The lowest BCUT2D eigenvalue weighted by Gasteiger charge is -2.40. The van der Waals surface area contributed by atoms with Crippen LogP contribution in [0.4, 0.5) is 5.82 Å². The predicted molar refractivity (Wildman–Crippen MR) is 61.6 cm³/mol. The summed E-state index contributed by atoms with van der Waals surface area (Å²) in [4.78, 5) is 32.5. The fourth-order valence-electron chi connectivity index (χ4n) is 1.63. The van der Waals surface area contributed by atoms with Gasteiger partial charge >= 0.3 is 0 Å². The molecule has 2 heterocycles. The molecule has 1 aromatic rings. The molecule has 1 aliphatic rings. The maximum Gasteiger partial charge on any atom is 0.251 e. The van der Waals surface area contributed by atoms with Crippen LogP contribution in [0.5, 0.6) is 0 Å². The monoisotopic (exact) mass is 254 g/mol. The van der Waals surface area contributed by atoms with Crippen LogP contribution in [0.1, 0.15) is 13.8 Å². The molecule has 1 fully saturated rings. The van der Waals surface area contributed by atoms with Crippen LogP contribution >= 0.6 is 11.6 Å². The summed E-state index contributed by atoms with van der Waals surface area (Å²) in [6.07, 6.45) is 1.48. The maximum absolute atomic E-state index is 11.7. The van der Waals surface area contributed by atoms with Crippen molar-refractivity contribution in [2.24, 2.45) is 0 Å². The highest BCUT2D eigenvalue weighted by atomic mass is 35.5. The van der Waals surface area contributed by atoms with Gasteiger partial charge in [-0.1, -0.05) is 0 Å². The molecule has 17 heavy (non-hydrogen) atoms. The first-order valence-electron chi connectivity index (χ1n) is 5.02. The van der Waals surface area contributed by atoms with Gasteiger partial charge in [0.15, 0.2) is 0 Å². The van der Waals surface area contributed by atoms with Crippen molar-refractivity contribution in [1.29, 1.82) is 0 Å². The summed E-state index contributed by atoms with van der Waals surface area (Å²) in [6, 6.07) is 1.61.